The van der Waals surface area contributed by atoms with E-state index in [4.69, 9.17) is 33.7 Å². The number of rotatable bonds is 2. The SMILES string of the molecule is COC1CCN(c2cc(Cl)c(Cl)cc2N)C1. The van der Waals surface area contributed by atoms with Gasteiger partial charge in [-0.15, -0.1) is 0 Å². The van der Waals surface area contributed by atoms with E-state index in [1.165, 1.54) is 0 Å². The van der Waals surface area contributed by atoms with Gasteiger partial charge in [0.25, 0.3) is 0 Å². The number of nitrogens with zero attached hydrogens (tertiary/aromatic N) is 1. The van der Waals surface area contributed by atoms with Gasteiger partial charge in [-0.1, -0.05) is 23.2 Å². The number of ether oxygens (including phenoxy) is 1. The van der Waals surface area contributed by atoms with Gasteiger partial charge in [0.1, 0.15) is 0 Å². The number of hydrogen-bond donors (Lipinski definition) is 1. The number of halogens is 2. The van der Waals surface area contributed by atoms with Crippen LogP contribution >= 0.6 is 23.2 Å². The monoisotopic (exact) mass is 260 g/mol. The summed E-state index contributed by atoms with van der Waals surface area (Å²) in [5, 5.41) is 1.03. The van der Waals surface area contributed by atoms with Crippen molar-refractivity contribution >= 4 is 34.6 Å². The molecule has 3 nitrogen and oxygen atoms in total. The van der Waals surface area contributed by atoms with Gasteiger partial charge in [0, 0.05) is 20.2 Å². The first-order valence-corrected chi connectivity index (χ1v) is 5.89. The smallest absolute Gasteiger partial charge is 0.0762 e. The number of anilines is 2. The normalized spacial score (nSPS) is 20.4. The van der Waals surface area contributed by atoms with Crippen molar-refractivity contribution in [3.8, 4) is 0 Å². The lowest BCUT2D eigenvalue weighted by molar-refractivity contribution is 0.121. The summed E-state index contributed by atoms with van der Waals surface area (Å²) in [6.07, 6.45) is 1.28. The second kappa shape index (κ2) is 4.70. The topological polar surface area (TPSA) is 38.5 Å². The van der Waals surface area contributed by atoms with Crippen LogP contribution in [-0.4, -0.2) is 26.3 Å². The fourth-order valence-electron chi connectivity index (χ4n) is 1.96. The molecule has 1 aliphatic rings. The molecule has 2 N–H and O–H groups in total. The highest BCUT2D eigenvalue weighted by Gasteiger charge is 2.24. The van der Waals surface area contributed by atoms with Crippen LogP contribution in [0, 0.1) is 0 Å². The fraction of sp³-hybridized carbons (Fsp3) is 0.455. The second-order valence-electron chi connectivity index (χ2n) is 3.92. The van der Waals surface area contributed by atoms with Crippen molar-refractivity contribution in [2.75, 3.05) is 30.8 Å². The van der Waals surface area contributed by atoms with Gasteiger partial charge in [-0.25, -0.2) is 0 Å². The van der Waals surface area contributed by atoms with E-state index in [0.29, 0.717) is 15.7 Å². The molecule has 1 saturated heterocycles. The second-order valence-corrected chi connectivity index (χ2v) is 4.73. The van der Waals surface area contributed by atoms with Crippen molar-refractivity contribution in [3.05, 3.63) is 22.2 Å². The Kier molecular flexibility index (Phi) is 3.47. The Bertz CT molecular complexity index is 398. The Morgan fingerprint density at radius 2 is 2.06 bits per heavy atom. The predicted octanol–water partition coefficient (Wildman–Crippen LogP) is 2.80. The molecule has 1 heterocycles. The Morgan fingerprint density at radius 3 is 2.69 bits per heavy atom. The van der Waals surface area contributed by atoms with Gasteiger partial charge in [-0.2, -0.15) is 0 Å². The number of hydrogen-bond acceptors (Lipinski definition) is 3. The van der Waals surface area contributed by atoms with Crippen LogP contribution in [0.4, 0.5) is 11.4 Å². The summed E-state index contributed by atoms with van der Waals surface area (Å²) in [6, 6.07) is 3.51. The summed E-state index contributed by atoms with van der Waals surface area (Å²) in [6.45, 7) is 1.78. The maximum Gasteiger partial charge on any atom is 0.0762 e. The molecular formula is C11H14Cl2N2O. The number of nitrogen functional groups attached to an aromatic ring is 1. The van der Waals surface area contributed by atoms with Crippen LogP contribution in [0.15, 0.2) is 12.1 Å². The van der Waals surface area contributed by atoms with E-state index in [1.54, 1.807) is 13.2 Å². The van der Waals surface area contributed by atoms with E-state index >= 15 is 0 Å². The number of nitrogens with two attached hydrogens (primary N) is 1. The summed E-state index contributed by atoms with van der Waals surface area (Å²) in [4.78, 5) is 2.17. The average Bonchev–Trinajstić information content (AvgIpc) is 2.71. The Morgan fingerprint density at radius 1 is 1.38 bits per heavy atom. The summed E-state index contributed by atoms with van der Waals surface area (Å²) in [7, 11) is 1.73. The summed E-state index contributed by atoms with van der Waals surface area (Å²) in [5.41, 5.74) is 7.53. The fourth-order valence-corrected chi connectivity index (χ4v) is 2.29. The first kappa shape index (κ1) is 11.8. The predicted molar refractivity (Wildman–Crippen MR) is 68.5 cm³/mol. The van der Waals surface area contributed by atoms with Crippen LogP contribution in [0.5, 0.6) is 0 Å². The van der Waals surface area contributed by atoms with Crippen molar-refractivity contribution in [2.45, 2.75) is 12.5 Å². The van der Waals surface area contributed by atoms with Gasteiger partial charge in [0.2, 0.25) is 0 Å². The van der Waals surface area contributed by atoms with Gasteiger partial charge in [-0.05, 0) is 18.6 Å². The molecule has 1 atom stereocenters. The highest BCUT2D eigenvalue weighted by atomic mass is 35.5. The van der Waals surface area contributed by atoms with Crippen molar-refractivity contribution in [2.24, 2.45) is 0 Å². The zero-order valence-corrected chi connectivity index (χ0v) is 10.6. The Hall–Kier alpha value is -0.640. The van der Waals surface area contributed by atoms with Gasteiger partial charge < -0.3 is 15.4 Å². The third-order valence-corrected chi connectivity index (χ3v) is 3.61. The first-order chi connectivity index (χ1) is 7.61. The number of benzene rings is 1. The van der Waals surface area contributed by atoms with E-state index < -0.39 is 0 Å². The molecule has 2 rings (SSSR count). The van der Waals surface area contributed by atoms with Crippen LogP contribution in [-0.2, 0) is 4.74 Å². The van der Waals surface area contributed by atoms with E-state index in [1.807, 2.05) is 6.07 Å². The van der Waals surface area contributed by atoms with E-state index in [0.717, 1.165) is 25.2 Å². The molecule has 0 saturated carbocycles. The molecule has 16 heavy (non-hydrogen) atoms. The van der Waals surface area contributed by atoms with E-state index in [-0.39, 0.29) is 6.10 Å². The summed E-state index contributed by atoms with van der Waals surface area (Å²) >= 11 is 11.9. The standard InChI is InChI=1S/C11H14Cl2N2O/c1-16-7-2-3-15(6-7)11-5-9(13)8(12)4-10(11)14/h4-5,7H,2-3,6,14H2,1H3. The molecule has 0 aliphatic carbocycles. The maximum absolute atomic E-state index is 5.99. The Labute approximate surface area is 105 Å². The lowest BCUT2D eigenvalue weighted by atomic mass is 10.2. The summed E-state index contributed by atoms with van der Waals surface area (Å²) < 4.78 is 5.32. The van der Waals surface area contributed by atoms with Crippen molar-refractivity contribution in [1.82, 2.24) is 0 Å². The molecular weight excluding hydrogens is 247 g/mol. The van der Waals surface area contributed by atoms with Crippen molar-refractivity contribution in [3.63, 3.8) is 0 Å². The molecule has 5 heteroatoms. The molecule has 1 fully saturated rings. The molecule has 1 unspecified atom stereocenters. The van der Waals surface area contributed by atoms with Crippen LogP contribution in [0.1, 0.15) is 6.42 Å². The zero-order chi connectivity index (χ0) is 11.7. The van der Waals surface area contributed by atoms with Gasteiger partial charge in [-0.3, -0.25) is 0 Å². The van der Waals surface area contributed by atoms with E-state index in [9.17, 15) is 0 Å². The minimum absolute atomic E-state index is 0.272. The molecule has 1 aliphatic heterocycles. The first-order valence-electron chi connectivity index (χ1n) is 5.14. The number of methoxy groups -OCH3 is 1. The molecule has 1 aromatic carbocycles. The quantitative estimate of drug-likeness (QED) is 0.832. The van der Waals surface area contributed by atoms with E-state index in [2.05, 4.69) is 4.90 Å². The molecule has 0 aromatic heterocycles. The van der Waals surface area contributed by atoms with Crippen LogP contribution in [0.2, 0.25) is 10.0 Å². The average molecular weight is 261 g/mol. The van der Waals surface area contributed by atoms with Crippen LogP contribution in [0.25, 0.3) is 0 Å². The lowest BCUT2D eigenvalue weighted by Crippen LogP contribution is -2.23. The molecule has 0 spiro atoms. The highest BCUT2D eigenvalue weighted by Crippen LogP contribution is 2.34. The minimum atomic E-state index is 0.272. The minimum Gasteiger partial charge on any atom is -0.397 e. The third-order valence-electron chi connectivity index (χ3n) is 2.89. The Balaban J connectivity index is 2.24. The molecule has 0 amide bonds. The van der Waals surface area contributed by atoms with Gasteiger partial charge in [0.05, 0.1) is 27.5 Å². The zero-order valence-electron chi connectivity index (χ0n) is 9.04. The highest BCUT2D eigenvalue weighted by molar-refractivity contribution is 6.42. The van der Waals surface area contributed by atoms with Gasteiger partial charge >= 0.3 is 0 Å². The molecule has 0 bridgehead atoms. The molecule has 88 valence electrons. The lowest BCUT2D eigenvalue weighted by Gasteiger charge is -2.20. The van der Waals surface area contributed by atoms with Crippen molar-refractivity contribution < 1.29 is 4.74 Å². The summed E-state index contributed by atoms with van der Waals surface area (Å²) in [5.74, 6) is 0. The van der Waals surface area contributed by atoms with Crippen LogP contribution < -0.4 is 10.6 Å². The van der Waals surface area contributed by atoms with Crippen molar-refractivity contribution in [1.29, 1.82) is 0 Å². The largest absolute Gasteiger partial charge is 0.397 e. The molecule has 0 radical (unpaired) electrons. The van der Waals surface area contributed by atoms with Gasteiger partial charge in [0.15, 0.2) is 0 Å². The maximum atomic E-state index is 5.99. The third kappa shape index (κ3) is 2.21. The molecule has 1 aromatic rings. The van der Waals surface area contributed by atoms with Crippen LogP contribution in [0.3, 0.4) is 0 Å².